The van der Waals surface area contributed by atoms with Gasteiger partial charge in [-0.05, 0) is 43.2 Å². The number of likely N-dealkylation sites (tertiary alicyclic amines) is 1. The lowest BCUT2D eigenvalue weighted by molar-refractivity contribution is -0.131. The quantitative estimate of drug-likeness (QED) is 0.759. The fourth-order valence-corrected chi connectivity index (χ4v) is 3.89. The van der Waals surface area contributed by atoms with E-state index in [0.29, 0.717) is 24.3 Å². The Labute approximate surface area is 176 Å². The second kappa shape index (κ2) is 9.28. The van der Waals surface area contributed by atoms with Crippen LogP contribution < -0.4 is 10.1 Å². The van der Waals surface area contributed by atoms with Gasteiger partial charge in [-0.3, -0.25) is 9.59 Å². The summed E-state index contributed by atoms with van der Waals surface area (Å²) in [5.41, 5.74) is 0.155. The zero-order chi connectivity index (χ0) is 21.7. The molecule has 7 nitrogen and oxygen atoms in total. The van der Waals surface area contributed by atoms with Crippen molar-refractivity contribution < 1.29 is 24.2 Å². The molecule has 30 heavy (non-hydrogen) atoms. The van der Waals surface area contributed by atoms with Crippen LogP contribution in [0.25, 0.3) is 0 Å². The monoisotopic (exact) mass is 412 g/mol. The summed E-state index contributed by atoms with van der Waals surface area (Å²) in [6, 6.07) is 15.1. The fourth-order valence-electron chi connectivity index (χ4n) is 3.89. The first-order valence-electron chi connectivity index (χ1n) is 9.88. The third-order valence-electron chi connectivity index (χ3n) is 5.51. The van der Waals surface area contributed by atoms with Gasteiger partial charge in [-0.2, -0.15) is 0 Å². The molecular weight excluding hydrogens is 384 g/mol. The molecule has 2 aromatic rings. The van der Waals surface area contributed by atoms with Gasteiger partial charge < -0.3 is 24.8 Å². The first kappa shape index (κ1) is 21.8. The number of benzene rings is 2. The second-order valence-corrected chi connectivity index (χ2v) is 7.67. The standard InChI is InChI=1S/C23H28N2O5/c1-23(28)13-14-25(22(27)17-9-11-18(30-3)12-10-17)20(16-7-5-4-6-8-16)21(23)24-19(26)15-29-2/h4-12,20-21,28H,13-15H2,1-3H3,(H,24,26). The van der Waals surface area contributed by atoms with Gasteiger partial charge in [-0.25, -0.2) is 0 Å². The molecule has 1 aliphatic rings. The number of piperidine rings is 1. The second-order valence-electron chi connectivity index (χ2n) is 7.67. The van der Waals surface area contributed by atoms with Gasteiger partial charge in [-0.15, -0.1) is 0 Å². The molecule has 7 heteroatoms. The molecule has 3 atom stereocenters. The highest BCUT2D eigenvalue weighted by Crippen LogP contribution is 2.38. The maximum atomic E-state index is 13.4. The van der Waals surface area contributed by atoms with Gasteiger partial charge in [0.25, 0.3) is 5.91 Å². The van der Waals surface area contributed by atoms with Crippen LogP contribution in [0.1, 0.15) is 35.3 Å². The summed E-state index contributed by atoms with van der Waals surface area (Å²) in [5, 5.41) is 14.0. The van der Waals surface area contributed by atoms with Crippen molar-refractivity contribution in [1.82, 2.24) is 10.2 Å². The van der Waals surface area contributed by atoms with Crippen molar-refractivity contribution in [1.29, 1.82) is 0 Å². The summed E-state index contributed by atoms with van der Waals surface area (Å²) in [6.07, 6.45) is 0.330. The molecule has 2 amide bonds. The molecule has 0 aromatic heterocycles. The number of carbonyl (C=O) groups is 2. The zero-order valence-electron chi connectivity index (χ0n) is 17.5. The molecule has 0 radical (unpaired) electrons. The minimum atomic E-state index is -1.19. The third kappa shape index (κ3) is 4.63. The van der Waals surface area contributed by atoms with Crippen molar-refractivity contribution in [2.75, 3.05) is 27.4 Å². The average Bonchev–Trinajstić information content (AvgIpc) is 2.75. The van der Waals surface area contributed by atoms with Crippen molar-refractivity contribution in [3.63, 3.8) is 0 Å². The SMILES string of the molecule is COCC(=O)NC1C(c2ccccc2)N(C(=O)c2ccc(OC)cc2)CCC1(C)O. The maximum absolute atomic E-state index is 13.4. The number of aliphatic hydroxyl groups is 1. The van der Waals surface area contributed by atoms with E-state index in [0.717, 1.165) is 5.56 Å². The Bertz CT molecular complexity index is 867. The molecule has 0 bridgehead atoms. The van der Waals surface area contributed by atoms with Gasteiger partial charge in [0.1, 0.15) is 12.4 Å². The van der Waals surface area contributed by atoms with Crippen LogP contribution in [0.4, 0.5) is 0 Å². The summed E-state index contributed by atoms with van der Waals surface area (Å²) < 4.78 is 10.1. The molecule has 2 aromatic carbocycles. The molecule has 1 fully saturated rings. The molecule has 1 aliphatic heterocycles. The Kier molecular flexibility index (Phi) is 6.74. The normalized spacial score (nSPS) is 23.7. The van der Waals surface area contributed by atoms with Crippen LogP contribution in [-0.4, -0.2) is 60.8 Å². The lowest BCUT2D eigenvalue weighted by Crippen LogP contribution is -2.63. The summed E-state index contributed by atoms with van der Waals surface area (Å²) in [5.74, 6) is 0.146. The van der Waals surface area contributed by atoms with E-state index >= 15 is 0 Å². The number of ether oxygens (including phenoxy) is 2. The van der Waals surface area contributed by atoms with E-state index in [2.05, 4.69) is 5.32 Å². The van der Waals surface area contributed by atoms with Crippen molar-refractivity contribution in [3.8, 4) is 5.75 Å². The van der Waals surface area contributed by atoms with Crippen molar-refractivity contribution in [2.45, 2.75) is 31.0 Å². The van der Waals surface area contributed by atoms with Crippen molar-refractivity contribution in [2.24, 2.45) is 0 Å². The van der Waals surface area contributed by atoms with Crippen LogP contribution in [-0.2, 0) is 9.53 Å². The number of hydrogen-bond donors (Lipinski definition) is 2. The van der Waals surface area contributed by atoms with Crippen LogP contribution in [0, 0.1) is 0 Å². The highest BCUT2D eigenvalue weighted by Gasteiger charge is 2.47. The molecule has 0 aliphatic carbocycles. The number of amides is 2. The van der Waals surface area contributed by atoms with Gasteiger partial charge in [0.2, 0.25) is 5.91 Å². The smallest absolute Gasteiger partial charge is 0.254 e. The highest BCUT2D eigenvalue weighted by molar-refractivity contribution is 5.95. The number of nitrogens with one attached hydrogen (secondary N) is 1. The Morgan fingerprint density at radius 2 is 1.80 bits per heavy atom. The van der Waals surface area contributed by atoms with Gasteiger partial charge in [0.05, 0.1) is 24.8 Å². The summed E-state index contributed by atoms with van der Waals surface area (Å²) in [4.78, 5) is 27.5. The van der Waals surface area contributed by atoms with Crippen LogP contribution >= 0.6 is 0 Å². The van der Waals surface area contributed by atoms with Gasteiger partial charge in [0, 0.05) is 19.2 Å². The Hall–Kier alpha value is -2.90. The molecule has 3 rings (SSSR count). The van der Waals surface area contributed by atoms with E-state index in [-0.39, 0.29) is 18.4 Å². The topological polar surface area (TPSA) is 88.1 Å². The fraction of sp³-hybridized carbons (Fsp3) is 0.391. The predicted molar refractivity (Wildman–Crippen MR) is 112 cm³/mol. The summed E-state index contributed by atoms with van der Waals surface area (Å²) in [6.45, 7) is 1.92. The van der Waals surface area contributed by atoms with E-state index in [9.17, 15) is 14.7 Å². The summed E-state index contributed by atoms with van der Waals surface area (Å²) in [7, 11) is 3.01. The van der Waals surface area contributed by atoms with Gasteiger partial charge in [-0.1, -0.05) is 30.3 Å². The molecule has 0 spiro atoms. The Morgan fingerprint density at radius 3 is 2.40 bits per heavy atom. The first-order chi connectivity index (χ1) is 14.4. The molecule has 1 heterocycles. The lowest BCUT2D eigenvalue weighted by atomic mass is 9.79. The molecule has 1 saturated heterocycles. The third-order valence-corrected chi connectivity index (χ3v) is 5.51. The molecule has 2 N–H and O–H groups in total. The van der Waals surface area contributed by atoms with E-state index in [1.54, 1.807) is 43.2 Å². The van der Waals surface area contributed by atoms with Crippen molar-refractivity contribution in [3.05, 3.63) is 65.7 Å². The average molecular weight is 412 g/mol. The Balaban J connectivity index is 2.00. The highest BCUT2D eigenvalue weighted by atomic mass is 16.5. The molecule has 3 unspecified atom stereocenters. The summed E-state index contributed by atoms with van der Waals surface area (Å²) >= 11 is 0. The van der Waals surface area contributed by atoms with Crippen LogP contribution in [0.2, 0.25) is 0 Å². The van der Waals surface area contributed by atoms with Gasteiger partial charge in [0.15, 0.2) is 0 Å². The largest absolute Gasteiger partial charge is 0.497 e. The van der Waals surface area contributed by atoms with E-state index in [1.165, 1.54) is 7.11 Å². The maximum Gasteiger partial charge on any atom is 0.254 e. The number of carbonyl (C=O) groups excluding carboxylic acids is 2. The van der Waals surface area contributed by atoms with Crippen molar-refractivity contribution >= 4 is 11.8 Å². The first-order valence-corrected chi connectivity index (χ1v) is 9.88. The molecular formula is C23H28N2O5. The molecule has 0 saturated carbocycles. The number of methoxy groups -OCH3 is 2. The Morgan fingerprint density at radius 1 is 1.13 bits per heavy atom. The van der Waals surface area contributed by atoms with Gasteiger partial charge >= 0.3 is 0 Å². The lowest BCUT2D eigenvalue weighted by Gasteiger charge is -2.49. The minimum Gasteiger partial charge on any atom is -0.497 e. The number of nitrogens with zero attached hydrogens (tertiary/aromatic N) is 1. The zero-order valence-corrected chi connectivity index (χ0v) is 17.5. The van der Waals surface area contributed by atoms with Crippen LogP contribution in [0.15, 0.2) is 54.6 Å². The van der Waals surface area contributed by atoms with E-state index in [4.69, 9.17) is 9.47 Å². The van der Waals surface area contributed by atoms with Crippen LogP contribution in [0.3, 0.4) is 0 Å². The number of rotatable bonds is 6. The predicted octanol–water partition coefficient (Wildman–Crippen LogP) is 2.16. The minimum absolute atomic E-state index is 0.124. The van der Waals surface area contributed by atoms with E-state index < -0.39 is 17.7 Å². The van der Waals surface area contributed by atoms with E-state index in [1.807, 2.05) is 30.3 Å². The molecule has 160 valence electrons. The number of hydrogen-bond acceptors (Lipinski definition) is 5. The van der Waals surface area contributed by atoms with Crippen LogP contribution in [0.5, 0.6) is 5.75 Å².